The smallest absolute Gasteiger partial charge is 0.274 e. The van der Waals surface area contributed by atoms with E-state index in [1.165, 1.54) is 4.88 Å². The zero-order valence-electron chi connectivity index (χ0n) is 14.4. The number of thiophene rings is 1. The Morgan fingerprint density at radius 2 is 2.20 bits per heavy atom. The third kappa shape index (κ3) is 3.78. The van der Waals surface area contributed by atoms with E-state index in [1.54, 1.807) is 42.7 Å². The largest absolute Gasteiger partial charge is 0.382 e. The summed E-state index contributed by atoms with van der Waals surface area (Å²) >= 11 is 1.66. The number of nitrogens with zero attached hydrogens (tertiary/aromatic N) is 3. The molecule has 0 fully saturated rings. The van der Waals surface area contributed by atoms with E-state index in [0.29, 0.717) is 12.3 Å². The van der Waals surface area contributed by atoms with Gasteiger partial charge in [-0.05, 0) is 37.3 Å². The number of methoxy groups -OCH3 is 1. The van der Waals surface area contributed by atoms with Gasteiger partial charge in [0.25, 0.3) is 5.91 Å². The number of carbonyl (C=O) groups excluding carboxylic acids is 1. The van der Waals surface area contributed by atoms with Crippen molar-refractivity contribution in [3.05, 3.63) is 58.9 Å². The van der Waals surface area contributed by atoms with Crippen molar-refractivity contribution in [3.8, 4) is 10.6 Å². The lowest BCUT2D eigenvalue weighted by atomic mass is 10.1. The summed E-state index contributed by atoms with van der Waals surface area (Å²) in [7, 11) is 3.35. The van der Waals surface area contributed by atoms with Crippen LogP contribution >= 0.6 is 11.3 Å². The molecule has 0 saturated carbocycles. The number of amides is 1. The van der Waals surface area contributed by atoms with Crippen molar-refractivity contribution in [3.63, 3.8) is 0 Å². The van der Waals surface area contributed by atoms with Gasteiger partial charge in [0.1, 0.15) is 0 Å². The van der Waals surface area contributed by atoms with Crippen LogP contribution in [0.3, 0.4) is 0 Å². The average molecular weight is 356 g/mol. The minimum Gasteiger partial charge on any atom is -0.382 e. The molecule has 3 aromatic heterocycles. The van der Waals surface area contributed by atoms with Crippen molar-refractivity contribution in [1.29, 1.82) is 0 Å². The molecule has 0 aliphatic carbocycles. The minimum absolute atomic E-state index is 0.177. The van der Waals surface area contributed by atoms with Crippen LogP contribution in [0.1, 0.15) is 27.1 Å². The predicted octanol–water partition coefficient (Wildman–Crippen LogP) is 3.30. The Hall–Kier alpha value is -2.51. The van der Waals surface area contributed by atoms with E-state index in [4.69, 9.17) is 4.74 Å². The van der Waals surface area contributed by atoms with E-state index in [2.05, 4.69) is 15.2 Å². The van der Waals surface area contributed by atoms with Crippen LogP contribution in [0.2, 0.25) is 0 Å². The molecule has 1 amide bonds. The molecule has 0 aliphatic heterocycles. The fourth-order valence-corrected chi connectivity index (χ4v) is 3.42. The number of aryl methyl sites for hydroxylation is 1. The summed E-state index contributed by atoms with van der Waals surface area (Å²) in [4.78, 5) is 21.1. The Balaban J connectivity index is 1.82. The maximum Gasteiger partial charge on any atom is 0.274 e. The SMILES string of the molecule is COC[C@@H](c1ccccn1)N(C)C(=O)c1cc(-c2ccc(C)s2)[nH]n1. The number of carbonyl (C=O) groups is 1. The molecule has 0 unspecified atom stereocenters. The van der Waals surface area contributed by atoms with Crippen molar-refractivity contribution in [2.24, 2.45) is 0 Å². The molecule has 0 bridgehead atoms. The number of likely N-dealkylation sites (N-methyl/N-ethyl adjacent to an activating group) is 1. The number of hydrogen-bond acceptors (Lipinski definition) is 5. The highest BCUT2D eigenvalue weighted by Gasteiger charge is 2.25. The second-order valence-corrected chi connectivity index (χ2v) is 7.01. The van der Waals surface area contributed by atoms with Crippen molar-refractivity contribution in [2.75, 3.05) is 20.8 Å². The van der Waals surface area contributed by atoms with Gasteiger partial charge in [-0.1, -0.05) is 6.07 Å². The van der Waals surface area contributed by atoms with Crippen molar-refractivity contribution in [1.82, 2.24) is 20.1 Å². The number of aromatic amines is 1. The van der Waals surface area contributed by atoms with Crippen LogP contribution in [-0.4, -0.2) is 46.8 Å². The number of H-pyrrole nitrogens is 1. The topological polar surface area (TPSA) is 71.1 Å². The van der Waals surface area contributed by atoms with Crippen LogP contribution in [0.5, 0.6) is 0 Å². The van der Waals surface area contributed by atoms with Gasteiger partial charge in [0.05, 0.1) is 28.9 Å². The maximum atomic E-state index is 12.8. The third-order valence-corrected chi connectivity index (χ3v) is 4.98. The Morgan fingerprint density at radius 1 is 1.36 bits per heavy atom. The van der Waals surface area contributed by atoms with E-state index >= 15 is 0 Å². The first-order valence-electron chi connectivity index (χ1n) is 7.89. The summed E-state index contributed by atoms with van der Waals surface area (Å²) in [6.45, 7) is 2.41. The number of ether oxygens (including phenoxy) is 1. The standard InChI is InChI=1S/C18H20N4O2S/c1-12-7-8-17(25-12)14-10-15(21-20-14)18(23)22(2)16(11-24-3)13-6-4-5-9-19-13/h4-10,16H,11H2,1-3H3,(H,20,21)/t16-/m0/s1. The first-order valence-corrected chi connectivity index (χ1v) is 8.71. The Morgan fingerprint density at radius 3 is 2.84 bits per heavy atom. The minimum atomic E-state index is -0.275. The molecule has 0 aliphatic rings. The van der Waals surface area contributed by atoms with Gasteiger partial charge in [-0.3, -0.25) is 14.9 Å². The highest BCUT2D eigenvalue weighted by molar-refractivity contribution is 7.15. The molecular formula is C18H20N4O2S. The summed E-state index contributed by atoms with van der Waals surface area (Å²) in [6.07, 6.45) is 1.71. The molecule has 0 aromatic carbocycles. The molecule has 1 atom stereocenters. The number of pyridine rings is 1. The summed E-state index contributed by atoms with van der Waals surface area (Å²) in [6, 6.07) is 11.2. The van der Waals surface area contributed by atoms with Crippen LogP contribution in [-0.2, 0) is 4.74 Å². The summed E-state index contributed by atoms with van der Waals surface area (Å²) in [5.74, 6) is -0.177. The zero-order chi connectivity index (χ0) is 17.8. The molecule has 1 N–H and O–H groups in total. The summed E-state index contributed by atoms with van der Waals surface area (Å²) in [5, 5.41) is 7.14. The van der Waals surface area contributed by atoms with Crippen LogP contribution in [0.4, 0.5) is 0 Å². The highest BCUT2D eigenvalue weighted by Crippen LogP contribution is 2.27. The van der Waals surface area contributed by atoms with E-state index < -0.39 is 0 Å². The zero-order valence-corrected chi connectivity index (χ0v) is 15.2. The van der Waals surface area contributed by atoms with Gasteiger partial charge in [0.15, 0.2) is 5.69 Å². The molecule has 0 radical (unpaired) electrons. The van der Waals surface area contributed by atoms with Crippen LogP contribution < -0.4 is 0 Å². The van der Waals surface area contributed by atoms with Gasteiger partial charge in [-0.15, -0.1) is 11.3 Å². The average Bonchev–Trinajstić information content (AvgIpc) is 3.28. The molecular weight excluding hydrogens is 336 g/mol. The number of aromatic nitrogens is 3. The predicted molar refractivity (Wildman–Crippen MR) is 97.6 cm³/mol. The number of hydrogen-bond donors (Lipinski definition) is 1. The first-order chi connectivity index (χ1) is 12.1. The summed E-state index contributed by atoms with van der Waals surface area (Å²) in [5.41, 5.74) is 2.00. The molecule has 25 heavy (non-hydrogen) atoms. The third-order valence-electron chi connectivity index (χ3n) is 3.94. The number of nitrogens with one attached hydrogen (secondary N) is 1. The number of rotatable bonds is 6. The molecule has 3 heterocycles. The van der Waals surface area contributed by atoms with Crippen LogP contribution in [0.25, 0.3) is 10.6 Å². The van der Waals surface area contributed by atoms with E-state index in [-0.39, 0.29) is 11.9 Å². The van der Waals surface area contributed by atoms with Gasteiger partial charge >= 0.3 is 0 Å². The van der Waals surface area contributed by atoms with Gasteiger partial charge in [-0.25, -0.2) is 0 Å². The van der Waals surface area contributed by atoms with Gasteiger partial charge in [0.2, 0.25) is 0 Å². The van der Waals surface area contributed by atoms with Gasteiger partial charge in [0, 0.05) is 25.2 Å². The fourth-order valence-electron chi connectivity index (χ4n) is 2.59. The van der Waals surface area contributed by atoms with Crippen LogP contribution in [0, 0.1) is 6.92 Å². The fraction of sp³-hybridized carbons (Fsp3) is 0.278. The van der Waals surface area contributed by atoms with Crippen molar-refractivity contribution in [2.45, 2.75) is 13.0 Å². The molecule has 3 rings (SSSR count). The Bertz CT molecular complexity index is 844. The lowest BCUT2D eigenvalue weighted by Gasteiger charge is -2.26. The molecule has 3 aromatic rings. The van der Waals surface area contributed by atoms with Gasteiger partial charge in [-0.2, -0.15) is 5.10 Å². The molecule has 0 saturated heterocycles. The lowest BCUT2D eigenvalue weighted by molar-refractivity contribution is 0.0589. The van der Waals surface area contributed by atoms with Gasteiger partial charge < -0.3 is 9.64 Å². The van der Waals surface area contributed by atoms with Crippen molar-refractivity contribution < 1.29 is 9.53 Å². The lowest BCUT2D eigenvalue weighted by Crippen LogP contribution is -2.34. The molecule has 130 valence electrons. The normalized spacial score (nSPS) is 12.1. The second kappa shape index (κ2) is 7.58. The molecule has 7 heteroatoms. The Kier molecular flexibility index (Phi) is 5.25. The monoisotopic (exact) mass is 356 g/mol. The first kappa shape index (κ1) is 17.3. The Labute approximate surface area is 150 Å². The highest BCUT2D eigenvalue weighted by atomic mass is 32.1. The summed E-state index contributed by atoms with van der Waals surface area (Å²) < 4.78 is 5.28. The van der Waals surface area contributed by atoms with E-state index in [9.17, 15) is 4.79 Å². The maximum absolute atomic E-state index is 12.8. The molecule has 0 spiro atoms. The van der Waals surface area contributed by atoms with Crippen LogP contribution in [0.15, 0.2) is 42.6 Å². The molecule has 6 nitrogen and oxygen atoms in total. The van der Waals surface area contributed by atoms with Crippen molar-refractivity contribution >= 4 is 17.2 Å². The second-order valence-electron chi connectivity index (χ2n) is 5.72. The van der Waals surface area contributed by atoms with E-state index in [0.717, 1.165) is 16.3 Å². The quantitative estimate of drug-likeness (QED) is 0.736. The van der Waals surface area contributed by atoms with E-state index in [1.807, 2.05) is 37.3 Å².